The molecule has 2 aromatic carbocycles. The van der Waals surface area contributed by atoms with Gasteiger partial charge < -0.3 is 5.73 Å². The molecule has 0 amide bonds. The number of anilines is 1. The second-order valence-electron chi connectivity index (χ2n) is 4.60. The fourth-order valence-corrected chi connectivity index (χ4v) is 2.38. The maximum atomic E-state index is 12.4. The van der Waals surface area contributed by atoms with E-state index >= 15 is 0 Å². The molecule has 3 nitrogen and oxygen atoms in total. The largest absolute Gasteiger partial charge is 0.398 e. The summed E-state index contributed by atoms with van der Waals surface area (Å²) in [6, 6.07) is 13.7. The van der Waals surface area contributed by atoms with E-state index in [1.54, 1.807) is 36.4 Å². The predicted octanol–water partition coefficient (Wildman–Crippen LogP) is 4.35. The van der Waals surface area contributed by atoms with Gasteiger partial charge in [0.2, 0.25) is 5.78 Å². The Morgan fingerprint density at radius 2 is 1.76 bits per heavy atom. The van der Waals surface area contributed by atoms with Crippen molar-refractivity contribution in [3.8, 4) is 0 Å². The highest BCUT2D eigenvalue weighted by Gasteiger charge is 2.12. The molecular weight excluding hydrogens is 307 g/mol. The lowest BCUT2D eigenvalue weighted by Gasteiger charge is -2.05. The van der Waals surface area contributed by atoms with Crippen molar-refractivity contribution in [1.29, 1.82) is 0 Å². The summed E-state index contributed by atoms with van der Waals surface area (Å²) in [7, 11) is 0. The van der Waals surface area contributed by atoms with Gasteiger partial charge in [-0.05, 0) is 36.4 Å². The van der Waals surface area contributed by atoms with Gasteiger partial charge >= 0.3 is 0 Å². The van der Waals surface area contributed by atoms with E-state index in [0.29, 0.717) is 32.5 Å². The summed E-state index contributed by atoms with van der Waals surface area (Å²) in [4.78, 5) is 16.8. The summed E-state index contributed by atoms with van der Waals surface area (Å²) < 4.78 is 0. The van der Waals surface area contributed by atoms with Crippen molar-refractivity contribution in [3.63, 3.8) is 0 Å². The van der Waals surface area contributed by atoms with Gasteiger partial charge in [-0.15, -0.1) is 0 Å². The molecule has 1 heterocycles. The summed E-state index contributed by atoms with van der Waals surface area (Å²) in [5.41, 5.74) is 7.54. The van der Waals surface area contributed by atoms with Gasteiger partial charge in [-0.25, -0.2) is 4.98 Å². The minimum absolute atomic E-state index is 0.209. The number of nitrogens with two attached hydrogens (primary N) is 1. The van der Waals surface area contributed by atoms with E-state index in [1.165, 1.54) is 0 Å². The van der Waals surface area contributed by atoms with Crippen LogP contribution in [0.5, 0.6) is 0 Å². The molecule has 2 N–H and O–H groups in total. The first-order chi connectivity index (χ1) is 10.0. The zero-order valence-electron chi connectivity index (χ0n) is 10.8. The molecule has 0 radical (unpaired) electrons. The second-order valence-corrected chi connectivity index (χ2v) is 5.44. The summed E-state index contributed by atoms with van der Waals surface area (Å²) in [6.07, 6.45) is 0. The molecule has 0 atom stereocenters. The average molecular weight is 317 g/mol. The minimum atomic E-state index is -0.209. The van der Waals surface area contributed by atoms with Crippen molar-refractivity contribution in [2.24, 2.45) is 0 Å². The molecule has 0 bridgehead atoms. The van der Waals surface area contributed by atoms with E-state index in [-0.39, 0.29) is 5.78 Å². The number of pyridine rings is 1. The van der Waals surface area contributed by atoms with Gasteiger partial charge in [-0.1, -0.05) is 35.3 Å². The van der Waals surface area contributed by atoms with Crippen molar-refractivity contribution in [1.82, 2.24) is 4.98 Å². The molecule has 5 heteroatoms. The topological polar surface area (TPSA) is 56.0 Å². The molecule has 0 fully saturated rings. The van der Waals surface area contributed by atoms with Crippen LogP contribution in [-0.4, -0.2) is 10.8 Å². The van der Waals surface area contributed by atoms with Gasteiger partial charge in [0.15, 0.2) is 0 Å². The first-order valence-corrected chi connectivity index (χ1v) is 6.96. The number of hydrogen-bond donors (Lipinski definition) is 1. The number of fused-ring (bicyclic) bond motifs is 1. The quantitative estimate of drug-likeness (QED) is 0.564. The van der Waals surface area contributed by atoms with Crippen LogP contribution in [-0.2, 0) is 0 Å². The molecule has 3 rings (SSSR count). The van der Waals surface area contributed by atoms with Crippen LogP contribution in [0.3, 0.4) is 0 Å². The standard InChI is InChI=1S/C16H10Cl2N2O/c17-11-4-1-9-3-6-14(20-15(9)8-11)16(21)10-2-5-13(19)12(18)7-10/h1-8H,19H2. The molecule has 21 heavy (non-hydrogen) atoms. The average Bonchev–Trinajstić information content (AvgIpc) is 2.48. The molecule has 0 spiro atoms. The monoisotopic (exact) mass is 316 g/mol. The number of halogens is 2. The van der Waals surface area contributed by atoms with Gasteiger partial charge in [0, 0.05) is 16.0 Å². The van der Waals surface area contributed by atoms with Gasteiger partial charge in [0.1, 0.15) is 5.69 Å². The maximum absolute atomic E-state index is 12.4. The van der Waals surface area contributed by atoms with Crippen LogP contribution in [0, 0.1) is 0 Å². The number of benzene rings is 2. The van der Waals surface area contributed by atoms with E-state index < -0.39 is 0 Å². The Labute approximate surface area is 131 Å². The first kappa shape index (κ1) is 13.9. The Kier molecular flexibility index (Phi) is 3.53. The number of aromatic nitrogens is 1. The van der Waals surface area contributed by atoms with E-state index in [9.17, 15) is 4.79 Å². The van der Waals surface area contributed by atoms with E-state index in [2.05, 4.69) is 4.98 Å². The summed E-state index contributed by atoms with van der Waals surface area (Å²) in [6.45, 7) is 0. The Balaban J connectivity index is 2.06. The zero-order valence-corrected chi connectivity index (χ0v) is 12.3. The lowest BCUT2D eigenvalue weighted by Crippen LogP contribution is -2.04. The third-order valence-corrected chi connectivity index (χ3v) is 3.71. The van der Waals surface area contributed by atoms with E-state index in [1.807, 2.05) is 12.1 Å². The van der Waals surface area contributed by atoms with E-state index in [0.717, 1.165) is 5.39 Å². The van der Waals surface area contributed by atoms with Crippen LogP contribution in [0.1, 0.15) is 16.1 Å². The van der Waals surface area contributed by atoms with Gasteiger partial charge in [-0.2, -0.15) is 0 Å². The van der Waals surface area contributed by atoms with Crippen molar-refractivity contribution >= 4 is 45.6 Å². The predicted molar refractivity (Wildman–Crippen MR) is 86.0 cm³/mol. The number of nitrogens with zero attached hydrogens (tertiary/aromatic N) is 1. The Hall–Kier alpha value is -2.10. The molecule has 1 aromatic heterocycles. The minimum Gasteiger partial charge on any atom is -0.398 e. The number of carbonyl (C=O) groups excluding carboxylic acids is 1. The lowest BCUT2D eigenvalue weighted by atomic mass is 10.1. The van der Waals surface area contributed by atoms with Gasteiger partial charge in [0.25, 0.3) is 0 Å². The maximum Gasteiger partial charge on any atom is 0.211 e. The molecule has 0 aliphatic carbocycles. The summed E-state index contributed by atoms with van der Waals surface area (Å²) in [5, 5.41) is 1.85. The van der Waals surface area contributed by atoms with Gasteiger partial charge in [0.05, 0.1) is 16.2 Å². The normalized spacial score (nSPS) is 10.8. The summed E-state index contributed by atoms with van der Waals surface area (Å²) in [5.74, 6) is -0.209. The lowest BCUT2D eigenvalue weighted by molar-refractivity contribution is 0.103. The Bertz CT molecular complexity index is 862. The zero-order chi connectivity index (χ0) is 15.0. The van der Waals surface area contributed by atoms with E-state index in [4.69, 9.17) is 28.9 Å². The van der Waals surface area contributed by atoms with Crippen LogP contribution in [0.15, 0.2) is 48.5 Å². The fraction of sp³-hybridized carbons (Fsp3) is 0. The second kappa shape index (κ2) is 5.35. The Morgan fingerprint density at radius 3 is 2.52 bits per heavy atom. The van der Waals surface area contributed by atoms with Crippen LogP contribution in [0.2, 0.25) is 10.0 Å². The number of carbonyl (C=O) groups is 1. The molecule has 0 aliphatic heterocycles. The Morgan fingerprint density at radius 1 is 1.00 bits per heavy atom. The molecule has 0 unspecified atom stereocenters. The third kappa shape index (κ3) is 2.71. The van der Waals surface area contributed by atoms with Crippen molar-refractivity contribution < 1.29 is 4.79 Å². The molecule has 0 saturated heterocycles. The van der Waals surface area contributed by atoms with Crippen molar-refractivity contribution in [2.75, 3.05) is 5.73 Å². The highest BCUT2D eigenvalue weighted by Crippen LogP contribution is 2.23. The van der Waals surface area contributed by atoms with Gasteiger partial charge in [-0.3, -0.25) is 4.79 Å². The molecule has 3 aromatic rings. The molecule has 0 saturated carbocycles. The van der Waals surface area contributed by atoms with Crippen molar-refractivity contribution in [3.05, 3.63) is 69.8 Å². The van der Waals surface area contributed by atoms with Crippen molar-refractivity contribution in [2.45, 2.75) is 0 Å². The number of ketones is 1. The number of hydrogen-bond acceptors (Lipinski definition) is 3. The molecule has 104 valence electrons. The van der Waals surface area contributed by atoms with Crippen LogP contribution >= 0.6 is 23.2 Å². The highest BCUT2D eigenvalue weighted by molar-refractivity contribution is 6.33. The summed E-state index contributed by atoms with van der Waals surface area (Å²) >= 11 is 11.9. The smallest absolute Gasteiger partial charge is 0.211 e. The highest BCUT2D eigenvalue weighted by atomic mass is 35.5. The third-order valence-electron chi connectivity index (χ3n) is 3.15. The first-order valence-electron chi connectivity index (χ1n) is 6.20. The van der Waals surface area contributed by atoms with Crippen LogP contribution in [0.25, 0.3) is 10.9 Å². The molecule has 0 aliphatic rings. The molecular formula is C16H10Cl2N2O. The van der Waals surface area contributed by atoms with Crippen LogP contribution < -0.4 is 5.73 Å². The number of nitrogen functional groups attached to an aromatic ring is 1. The fourth-order valence-electron chi connectivity index (χ4n) is 2.03. The number of rotatable bonds is 2. The van der Waals surface area contributed by atoms with Crippen LogP contribution in [0.4, 0.5) is 5.69 Å². The SMILES string of the molecule is Nc1ccc(C(=O)c2ccc3ccc(Cl)cc3n2)cc1Cl.